The molecule has 0 aliphatic rings. The van der Waals surface area contributed by atoms with E-state index in [2.05, 4.69) is 0 Å². The van der Waals surface area contributed by atoms with Crippen molar-refractivity contribution in [3.05, 3.63) is 29.3 Å². The Morgan fingerprint density at radius 1 is 1.29 bits per heavy atom. The lowest BCUT2D eigenvalue weighted by molar-refractivity contribution is -0.158. The van der Waals surface area contributed by atoms with Crippen LogP contribution in [-0.4, -0.2) is 24.1 Å². The first-order valence-electron chi connectivity index (χ1n) is 5.13. The van der Waals surface area contributed by atoms with Crippen LogP contribution in [0, 0.1) is 0 Å². The molecule has 0 atom stereocenters. The molecule has 0 unspecified atom stereocenters. The first-order valence-corrected chi connectivity index (χ1v) is 6.05. The molecule has 1 aromatic rings. The molecule has 0 fully saturated rings. The van der Waals surface area contributed by atoms with E-state index in [1.807, 2.05) is 0 Å². The number of alkyl halides is 1. The zero-order valence-corrected chi connectivity index (χ0v) is 11.2. The third kappa shape index (κ3) is 4.44. The zero-order valence-electron chi connectivity index (χ0n) is 9.70. The van der Waals surface area contributed by atoms with Crippen molar-refractivity contribution in [2.24, 2.45) is 0 Å². The molecule has 0 N–H and O–H groups in total. The van der Waals surface area contributed by atoms with Gasteiger partial charge in [0, 0.05) is 5.02 Å². The Labute approximate surface area is 111 Å². The smallest absolute Gasteiger partial charge is 0.349 e. The van der Waals surface area contributed by atoms with Crippen LogP contribution in [0.4, 0.5) is 0 Å². The lowest BCUT2D eigenvalue weighted by Crippen LogP contribution is -2.40. The Morgan fingerprint density at radius 2 is 1.88 bits per heavy atom. The minimum atomic E-state index is -1.06. The lowest BCUT2D eigenvalue weighted by atomic mass is 10.1. The van der Waals surface area contributed by atoms with Crippen LogP contribution in [0.1, 0.15) is 13.8 Å². The van der Waals surface area contributed by atoms with E-state index in [0.29, 0.717) is 10.8 Å². The standard InChI is InChI=1S/C12H14Cl2O3/c1-12(2,11(15)16-8-7-13)17-10-5-3-9(14)4-6-10/h3-6H,7-8H2,1-2H3. The monoisotopic (exact) mass is 276 g/mol. The second-order valence-corrected chi connectivity index (χ2v) is 4.71. The molecule has 0 aliphatic carbocycles. The molecule has 1 rings (SSSR count). The molecule has 3 nitrogen and oxygen atoms in total. The van der Waals surface area contributed by atoms with Crippen molar-refractivity contribution < 1.29 is 14.3 Å². The maximum absolute atomic E-state index is 11.7. The third-order valence-corrected chi connectivity index (χ3v) is 2.39. The van der Waals surface area contributed by atoms with E-state index in [1.165, 1.54) is 0 Å². The SMILES string of the molecule is CC(C)(Oc1ccc(Cl)cc1)C(=O)OCCCl. The average Bonchev–Trinajstić information content (AvgIpc) is 2.28. The number of ether oxygens (including phenoxy) is 2. The van der Waals surface area contributed by atoms with Gasteiger partial charge in [-0.2, -0.15) is 0 Å². The van der Waals surface area contributed by atoms with E-state index < -0.39 is 11.6 Å². The summed E-state index contributed by atoms with van der Waals surface area (Å²) in [5.74, 6) is 0.373. The molecule has 0 bridgehead atoms. The van der Waals surface area contributed by atoms with Gasteiger partial charge in [0.2, 0.25) is 0 Å². The number of hydrogen-bond donors (Lipinski definition) is 0. The molecule has 0 spiro atoms. The Balaban J connectivity index is 2.65. The lowest BCUT2D eigenvalue weighted by Gasteiger charge is -2.24. The van der Waals surface area contributed by atoms with Gasteiger partial charge in [0.1, 0.15) is 12.4 Å². The minimum absolute atomic E-state index is 0.174. The zero-order chi connectivity index (χ0) is 12.9. The topological polar surface area (TPSA) is 35.5 Å². The summed E-state index contributed by atoms with van der Waals surface area (Å²) in [4.78, 5) is 11.7. The highest BCUT2D eigenvalue weighted by Crippen LogP contribution is 2.21. The largest absolute Gasteiger partial charge is 0.476 e. The fraction of sp³-hybridized carbons (Fsp3) is 0.417. The van der Waals surface area contributed by atoms with Crippen LogP contribution in [0.25, 0.3) is 0 Å². The Bertz CT molecular complexity index is 374. The van der Waals surface area contributed by atoms with Crippen LogP contribution in [-0.2, 0) is 9.53 Å². The first-order chi connectivity index (χ1) is 7.95. The van der Waals surface area contributed by atoms with Crippen LogP contribution in [0.3, 0.4) is 0 Å². The summed E-state index contributed by atoms with van der Waals surface area (Å²) in [5.41, 5.74) is -1.06. The second-order valence-electron chi connectivity index (χ2n) is 3.89. The molecule has 0 heterocycles. The molecule has 0 radical (unpaired) electrons. The van der Waals surface area contributed by atoms with Crippen molar-refractivity contribution in [2.75, 3.05) is 12.5 Å². The summed E-state index contributed by atoms with van der Waals surface area (Å²) in [6.07, 6.45) is 0. The molecule has 0 saturated heterocycles. The second kappa shape index (κ2) is 6.12. The van der Waals surface area contributed by atoms with Crippen molar-refractivity contribution in [1.82, 2.24) is 0 Å². The Kier molecular flexibility index (Phi) is 5.09. The van der Waals surface area contributed by atoms with Crippen LogP contribution < -0.4 is 4.74 Å². The maximum atomic E-state index is 11.7. The van der Waals surface area contributed by atoms with Crippen molar-refractivity contribution in [2.45, 2.75) is 19.4 Å². The minimum Gasteiger partial charge on any atom is -0.476 e. The van der Waals surface area contributed by atoms with Gasteiger partial charge >= 0.3 is 5.97 Å². The molecular formula is C12H14Cl2O3. The number of benzene rings is 1. The van der Waals surface area contributed by atoms with E-state index in [4.69, 9.17) is 32.7 Å². The van der Waals surface area contributed by atoms with Gasteiger partial charge in [-0.1, -0.05) is 11.6 Å². The summed E-state index contributed by atoms with van der Waals surface area (Å²) < 4.78 is 10.5. The average molecular weight is 277 g/mol. The van der Waals surface area contributed by atoms with Crippen LogP contribution in [0.5, 0.6) is 5.75 Å². The summed E-state index contributed by atoms with van der Waals surface area (Å²) in [7, 11) is 0. The van der Waals surface area contributed by atoms with E-state index in [1.54, 1.807) is 38.1 Å². The number of hydrogen-bond acceptors (Lipinski definition) is 3. The Hall–Kier alpha value is -0.930. The summed E-state index contributed by atoms with van der Waals surface area (Å²) in [6, 6.07) is 6.77. The normalized spacial score (nSPS) is 11.1. The first kappa shape index (κ1) is 14.1. The van der Waals surface area contributed by atoms with Gasteiger partial charge in [0.15, 0.2) is 5.60 Å². The van der Waals surface area contributed by atoms with Gasteiger partial charge in [-0.3, -0.25) is 0 Å². The molecule has 1 aromatic carbocycles. The third-order valence-electron chi connectivity index (χ3n) is 1.99. The highest BCUT2D eigenvalue weighted by molar-refractivity contribution is 6.30. The van der Waals surface area contributed by atoms with Crippen molar-refractivity contribution >= 4 is 29.2 Å². The van der Waals surface area contributed by atoms with Gasteiger partial charge in [-0.15, -0.1) is 11.6 Å². The molecule has 0 saturated carbocycles. The fourth-order valence-corrected chi connectivity index (χ4v) is 1.35. The number of esters is 1. The number of rotatable bonds is 5. The highest BCUT2D eigenvalue weighted by atomic mass is 35.5. The van der Waals surface area contributed by atoms with Gasteiger partial charge in [0.05, 0.1) is 5.88 Å². The van der Waals surface area contributed by atoms with Crippen molar-refractivity contribution in [3.63, 3.8) is 0 Å². The summed E-state index contributed by atoms with van der Waals surface area (Å²) in [6.45, 7) is 3.45. The summed E-state index contributed by atoms with van der Waals surface area (Å²) in [5, 5.41) is 0.611. The molecular weight excluding hydrogens is 263 g/mol. The fourth-order valence-electron chi connectivity index (χ4n) is 1.14. The van der Waals surface area contributed by atoms with E-state index in [-0.39, 0.29) is 12.5 Å². The van der Waals surface area contributed by atoms with Crippen molar-refractivity contribution in [3.8, 4) is 5.75 Å². The highest BCUT2D eigenvalue weighted by Gasteiger charge is 2.31. The van der Waals surface area contributed by atoms with E-state index in [9.17, 15) is 4.79 Å². The van der Waals surface area contributed by atoms with Crippen LogP contribution in [0.15, 0.2) is 24.3 Å². The molecule has 17 heavy (non-hydrogen) atoms. The number of carbonyl (C=O) groups excluding carboxylic acids is 1. The maximum Gasteiger partial charge on any atom is 0.349 e. The van der Waals surface area contributed by atoms with Crippen LogP contribution >= 0.6 is 23.2 Å². The molecule has 0 aromatic heterocycles. The number of halogens is 2. The van der Waals surface area contributed by atoms with Gasteiger partial charge in [-0.25, -0.2) is 4.79 Å². The van der Waals surface area contributed by atoms with Crippen molar-refractivity contribution in [1.29, 1.82) is 0 Å². The molecule has 5 heteroatoms. The van der Waals surface area contributed by atoms with E-state index in [0.717, 1.165) is 0 Å². The van der Waals surface area contributed by atoms with Gasteiger partial charge in [0.25, 0.3) is 0 Å². The molecule has 0 amide bonds. The predicted molar refractivity (Wildman–Crippen MR) is 67.8 cm³/mol. The quantitative estimate of drug-likeness (QED) is 0.612. The number of carbonyl (C=O) groups is 1. The van der Waals surface area contributed by atoms with Gasteiger partial charge in [-0.05, 0) is 38.1 Å². The molecule has 94 valence electrons. The Morgan fingerprint density at radius 3 is 2.41 bits per heavy atom. The molecule has 0 aliphatic heterocycles. The summed E-state index contributed by atoms with van der Waals surface area (Å²) >= 11 is 11.2. The van der Waals surface area contributed by atoms with E-state index >= 15 is 0 Å². The van der Waals surface area contributed by atoms with Crippen LogP contribution in [0.2, 0.25) is 5.02 Å². The van der Waals surface area contributed by atoms with Gasteiger partial charge < -0.3 is 9.47 Å². The predicted octanol–water partition coefficient (Wildman–Crippen LogP) is 3.28.